The Kier molecular flexibility index (Phi) is 2.79. The second kappa shape index (κ2) is 4.61. The van der Waals surface area contributed by atoms with E-state index in [9.17, 15) is 8.78 Å². The highest BCUT2D eigenvalue weighted by atomic mass is 19.1. The molecule has 2 heterocycles. The van der Waals surface area contributed by atoms with E-state index >= 15 is 0 Å². The smallest absolute Gasteiger partial charge is 0.126 e. The number of benzene rings is 1. The monoisotopic (exact) mass is 257 g/mol. The summed E-state index contributed by atoms with van der Waals surface area (Å²) in [5.41, 5.74) is 2.48. The molecule has 0 spiro atoms. The molecular formula is C14H9F2N3. The zero-order valence-corrected chi connectivity index (χ0v) is 9.77. The molecule has 5 heteroatoms. The van der Waals surface area contributed by atoms with E-state index in [1.54, 1.807) is 24.5 Å². The van der Waals surface area contributed by atoms with Crippen LogP contribution >= 0.6 is 0 Å². The minimum Gasteiger partial charge on any atom is -0.277 e. The highest BCUT2D eigenvalue weighted by Gasteiger charge is 2.08. The number of aromatic amines is 1. The summed E-state index contributed by atoms with van der Waals surface area (Å²) in [6.45, 7) is 0. The van der Waals surface area contributed by atoms with Gasteiger partial charge in [-0.25, -0.2) is 8.78 Å². The maximum atomic E-state index is 13.2. The number of nitrogens with zero attached hydrogens (tertiary/aromatic N) is 2. The first-order chi connectivity index (χ1) is 9.22. The summed E-state index contributed by atoms with van der Waals surface area (Å²) in [5.74, 6) is -1.25. The van der Waals surface area contributed by atoms with Gasteiger partial charge in [-0.3, -0.25) is 10.1 Å². The molecule has 3 aromatic rings. The quantitative estimate of drug-likeness (QED) is 0.764. The van der Waals surface area contributed by atoms with Crippen LogP contribution in [-0.4, -0.2) is 15.2 Å². The lowest BCUT2D eigenvalue weighted by molar-refractivity contribution is 0.584. The molecule has 3 nitrogen and oxygen atoms in total. The molecule has 0 aliphatic heterocycles. The van der Waals surface area contributed by atoms with Crippen molar-refractivity contribution in [2.24, 2.45) is 0 Å². The molecule has 0 radical (unpaired) electrons. The molecule has 0 amide bonds. The summed E-state index contributed by atoms with van der Waals surface area (Å²) in [6, 6.07) is 8.72. The Balaban J connectivity index is 2.02. The summed E-state index contributed by atoms with van der Waals surface area (Å²) in [4.78, 5) is 4.00. The number of H-pyrrole nitrogens is 1. The van der Waals surface area contributed by atoms with Gasteiger partial charge >= 0.3 is 0 Å². The molecule has 1 N–H and O–H groups in total. The molecule has 0 unspecified atom stereocenters. The first-order valence-corrected chi connectivity index (χ1v) is 5.64. The van der Waals surface area contributed by atoms with Crippen molar-refractivity contribution in [3.63, 3.8) is 0 Å². The predicted octanol–water partition coefficient (Wildman–Crippen LogP) is 3.42. The number of hydrogen-bond acceptors (Lipinski definition) is 2. The first-order valence-electron chi connectivity index (χ1n) is 5.64. The third-order valence-corrected chi connectivity index (χ3v) is 2.71. The van der Waals surface area contributed by atoms with Gasteiger partial charge in [0, 0.05) is 29.6 Å². The van der Waals surface area contributed by atoms with Crippen molar-refractivity contribution in [3.05, 3.63) is 60.4 Å². The van der Waals surface area contributed by atoms with E-state index in [2.05, 4.69) is 15.2 Å². The largest absolute Gasteiger partial charge is 0.277 e. The van der Waals surface area contributed by atoms with Gasteiger partial charge in [0.2, 0.25) is 0 Å². The van der Waals surface area contributed by atoms with Gasteiger partial charge in [0.15, 0.2) is 0 Å². The second-order valence-electron chi connectivity index (χ2n) is 4.07. The van der Waals surface area contributed by atoms with Crippen LogP contribution in [0.5, 0.6) is 0 Å². The number of halogens is 2. The predicted molar refractivity (Wildman–Crippen MR) is 67.2 cm³/mol. The summed E-state index contributed by atoms with van der Waals surface area (Å²) in [6.07, 6.45) is 3.35. The van der Waals surface area contributed by atoms with Crippen molar-refractivity contribution in [1.29, 1.82) is 0 Å². The number of pyridine rings is 1. The third-order valence-electron chi connectivity index (χ3n) is 2.71. The highest BCUT2D eigenvalue weighted by molar-refractivity contribution is 5.67. The average Bonchev–Trinajstić information content (AvgIpc) is 2.88. The zero-order valence-electron chi connectivity index (χ0n) is 9.77. The summed E-state index contributed by atoms with van der Waals surface area (Å²) >= 11 is 0. The molecule has 0 aliphatic rings. The second-order valence-corrected chi connectivity index (χ2v) is 4.07. The summed E-state index contributed by atoms with van der Waals surface area (Å²) < 4.78 is 26.3. The van der Waals surface area contributed by atoms with E-state index in [1.165, 1.54) is 12.1 Å². The third kappa shape index (κ3) is 2.35. The Bertz CT molecular complexity index is 687. The molecule has 0 bridgehead atoms. The molecule has 0 aliphatic carbocycles. The molecule has 0 atom stereocenters. The van der Waals surface area contributed by atoms with Gasteiger partial charge in [-0.2, -0.15) is 5.10 Å². The molecule has 3 rings (SSSR count). The van der Waals surface area contributed by atoms with Crippen LogP contribution < -0.4 is 0 Å². The van der Waals surface area contributed by atoms with Crippen LogP contribution in [0.25, 0.3) is 22.5 Å². The molecule has 2 aromatic heterocycles. The summed E-state index contributed by atoms with van der Waals surface area (Å²) in [7, 11) is 0. The van der Waals surface area contributed by atoms with Crippen molar-refractivity contribution in [2.75, 3.05) is 0 Å². The van der Waals surface area contributed by atoms with Crippen LogP contribution in [0.1, 0.15) is 0 Å². The average molecular weight is 257 g/mol. The van der Waals surface area contributed by atoms with Crippen molar-refractivity contribution in [3.8, 4) is 22.5 Å². The molecular weight excluding hydrogens is 248 g/mol. The van der Waals surface area contributed by atoms with Crippen LogP contribution in [0.3, 0.4) is 0 Å². The number of rotatable bonds is 2. The minimum atomic E-state index is -0.624. The fraction of sp³-hybridized carbons (Fsp3) is 0. The van der Waals surface area contributed by atoms with E-state index in [0.717, 1.165) is 17.3 Å². The minimum absolute atomic E-state index is 0.392. The van der Waals surface area contributed by atoms with Crippen molar-refractivity contribution in [2.45, 2.75) is 0 Å². The maximum Gasteiger partial charge on any atom is 0.126 e. The zero-order chi connectivity index (χ0) is 13.2. The van der Waals surface area contributed by atoms with Crippen LogP contribution in [0, 0.1) is 11.6 Å². The lowest BCUT2D eigenvalue weighted by Gasteiger charge is -1.97. The van der Waals surface area contributed by atoms with Crippen LogP contribution in [-0.2, 0) is 0 Å². The van der Waals surface area contributed by atoms with Gasteiger partial charge in [-0.15, -0.1) is 0 Å². The Labute approximate surface area is 107 Å². The molecule has 1 aromatic carbocycles. The van der Waals surface area contributed by atoms with Gasteiger partial charge in [-0.05, 0) is 30.3 Å². The molecule has 94 valence electrons. The molecule has 0 saturated heterocycles. The topological polar surface area (TPSA) is 41.6 Å². The fourth-order valence-corrected chi connectivity index (χ4v) is 1.84. The lowest BCUT2D eigenvalue weighted by Crippen LogP contribution is -1.84. The maximum absolute atomic E-state index is 13.2. The Morgan fingerprint density at radius 2 is 1.74 bits per heavy atom. The van der Waals surface area contributed by atoms with Gasteiger partial charge in [0.05, 0.1) is 11.4 Å². The number of hydrogen-bond donors (Lipinski definition) is 1. The highest BCUT2D eigenvalue weighted by Crippen LogP contribution is 2.24. The van der Waals surface area contributed by atoms with Crippen molar-refractivity contribution >= 4 is 0 Å². The van der Waals surface area contributed by atoms with Gasteiger partial charge in [0.1, 0.15) is 11.6 Å². The Morgan fingerprint density at radius 3 is 2.42 bits per heavy atom. The van der Waals surface area contributed by atoms with E-state index in [1.807, 2.05) is 6.07 Å². The van der Waals surface area contributed by atoms with Gasteiger partial charge in [0.25, 0.3) is 0 Å². The van der Waals surface area contributed by atoms with Gasteiger partial charge in [-0.1, -0.05) is 0 Å². The van der Waals surface area contributed by atoms with Crippen LogP contribution in [0.15, 0.2) is 48.8 Å². The number of nitrogens with one attached hydrogen (secondary N) is 1. The SMILES string of the molecule is Fc1cc(F)cc(-c2cc(-c3cccnc3)[nH]n2)c1. The van der Waals surface area contributed by atoms with E-state index in [0.29, 0.717) is 11.3 Å². The van der Waals surface area contributed by atoms with Crippen LogP contribution in [0.4, 0.5) is 8.78 Å². The normalized spacial score (nSPS) is 10.6. The van der Waals surface area contributed by atoms with E-state index in [4.69, 9.17) is 0 Å². The molecule has 0 saturated carbocycles. The Morgan fingerprint density at radius 1 is 0.947 bits per heavy atom. The van der Waals surface area contributed by atoms with Crippen molar-refractivity contribution in [1.82, 2.24) is 15.2 Å². The van der Waals surface area contributed by atoms with Gasteiger partial charge < -0.3 is 0 Å². The first kappa shape index (κ1) is 11.5. The van der Waals surface area contributed by atoms with E-state index in [-0.39, 0.29) is 0 Å². The molecule has 19 heavy (non-hydrogen) atoms. The summed E-state index contributed by atoms with van der Waals surface area (Å²) in [5, 5.41) is 6.88. The van der Waals surface area contributed by atoms with Crippen LogP contribution in [0.2, 0.25) is 0 Å². The van der Waals surface area contributed by atoms with Crippen molar-refractivity contribution < 1.29 is 8.78 Å². The molecule has 0 fully saturated rings. The number of aromatic nitrogens is 3. The lowest BCUT2D eigenvalue weighted by atomic mass is 10.1. The fourth-order valence-electron chi connectivity index (χ4n) is 1.84. The Hall–Kier alpha value is -2.56. The standard InChI is InChI=1S/C14H9F2N3/c15-11-4-10(5-12(16)6-11)14-7-13(18-19-14)9-2-1-3-17-8-9/h1-8H,(H,18,19). The van der Waals surface area contributed by atoms with E-state index < -0.39 is 11.6 Å².